The molecular formula is C10H8Br2. The number of halogens is 2. The second kappa shape index (κ2) is 5.33. The van der Waals surface area contributed by atoms with E-state index in [2.05, 4.69) is 31.9 Å². The third-order valence-electron chi connectivity index (χ3n) is 1.25. The zero-order valence-electron chi connectivity index (χ0n) is 6.37. The SMILES string of the molecule is Brc1ccccccc(Br)cc1. The molecule has 1 rings (SSSR count). The molecule has 0 atom stereocenters. The molecule has 0 saturated heterocycles. The summed E-state index contributed by atoms with van der Waals surface area (Å²) in [5, 5.41) is 0. The second-order valence-electron chi connectivity index (χ2n) is 2.21. The van der Waals surface area contributed by atoms with Gasteiger partial charge in [0.15, 0.2) is 0 Å². The Morgan fingerprint density at radius 3 is 1.42 bits per heavy atom. The first-order valence-electron chi connectivity index (χ1n) is 3.53. The summed E-state index contributed by atoms with van der Waals surface area (Å²) in [4.78, 5) is 0. The van der Waals surface area contributed by atoms with Gasteiger partial charge in [0.05, 0.1) is 0 Å². The molecule has 0 unspecified atom stereocenters. The van der Waals surface area contributed by atoms with E-state index < -0.39 is 0 Å². The molecule has 1 aromatic rings. The van der Waals surface area contributed by atoms with Crippen molar-refractivity contribution in [1.29, 1.82) is 0 Å². The summed E-state index contributed by atoms with van der Waals surface area (Å²) >= 11 is 6.82. The highest BCUT2D eigenvalue weighted by molar-refractivity contribution is 9.10. The fourth-order valence-corrected chi connectivity index (χ4v) is 1.26. The third kappa shape index (κ3) is 3.88. The normalized spacial score (nSPS) is 8.83. The molecule has 0 nitrogen and oxygen atoms in total. The van der Waals surface area contributed by atoms with Crippen LogP contribution in [-0.2, 0) is 0 Å². The van der Waals surface area contributed by atoms with Crippen LogP contribution in [0.5, 0.6) is 0 Å². The number of hydrogen-bond acceptors (Lipinski definition) is 0. The van der Waals surface area contributed by atoms with Gasteiger partial charge in [0.25, 0.3) is 0 Å². The molecule has 0 fully saturated rings. The van der Waals surface area contributed by atoms with Crippen molar-refractivity contribution in [2.75, 3.05) is 0 Å². The van der Waals surface area contributed by atoms with Crippen molar-refractivity contribution in [1.82, 2.24) is 0 Å². The van der Waals surface area contributed by atoms with Crippen LogP contribution in [0.25, 0.3) is 0 Å². The van der Waals surface area contributed by atoms with E-state index in [0.29, 0.717) is 0 Å². The van der Waals surface area contributed by atoms with Crippen molar-refractivity contribution in [3.05, 3.63) is 57.5 Å². The van der Waals surface area contributed by atoms with E-state index >= 15 is 0 Å². The summed E-state index contributed by atoms with van der Waals surface area (Å²) in [7, 11) is 0. The zero-order chi connectivity index (χ0) is 8.81. The lowest BCUT2D eigenvalue weighted by molar-refractivity contribution is 1.64. The van der Waals surface area contributed by atoms with Crippen molar-refractivity contribution in [3.8, 4) is 0 Å². The van der Waals surface area contributed by atoms with Crippen LogP contribution < -0.4 is 0 Å². The molecule has 0 saturated carbocycles. The topological polar surface area (TPSA) is 0 Å². The minimum Gasteiger partial charge on any atom is -0.0622 e. The van der Waals surface area contributed by atoms with E-state index in [1.807, 2.05) is 48.5 Å². The molecule has 62 valence electrons. The zero-order valence-corrected chi connectivity index (χ0v) is 9.55. The van der Waals surface area contributed by atoms with Crippen LogP contribution in [0.2, 0.25) is 0 Å². The maximum Gasteiger partial charge on any atom is 0.0175 e. The van der Waals surface area contributed by atoms with E-state index in [1.54, 1.807) is 0 Å². The van der Waals surface area contributed by atoms with E-state index in [4.69, 9.17) is 0 Å². The maximum atomic E-state index is 3.41. The fraction of sp³-hybridized carbons (Fsp3) is 0. The molecule has 0 aliphatic rings. The molecule has 0 heterocycles. The summed E-state index contributed by atoms with van der Waals surface area (Å²) in [6.45, 7) is 0. The molecule has 0 spiro atoms. The van der Waals surface area contributed by atoms with Gasteiger partial charge in [-0.05, 0) is 24.3 Å². The Balaban J connectivity index is 3.21. The Morgan fingerprint density at radius 2 is 1.00 bits per heavy atom. The van der Waals surface area contributed by atoms with Gasteiger partial charge in [0.2, 0.25) is 0 Å². The van der Waals surface area contributed by atoms with Gasteiger partial charge in [-0.15, -0.1) is 0 Å². The molecule has 0 N–H and O–H groups in total. The Hall–Kier alpha value is -0.340. The van der Waals surface area contributed by atoms with E-state index in [-0.39, 0.29) is 0 Å². The highest BCUT2D eigenvalue weighted by atomic mass is 79.9. The summed E-state index contributed by atoms with van der Waals surface area (Å²) in [5.41, 5.74) is 0. The minimum absolute atomic E-state index is 1.06. The molecule has 0 amide bonds. The largest absolute Gasteiger partial charge is 0.0622 e. The second-order valence-corrected chi connectivity index (χ2v) is 4.04. The van der Waals surface area contributed by atoms with Gasteiger partial charge in [-0.25, -0.2) is 0 Å². The van der Waals surface area contributed by atoms with E-state index in [9.17, 15) is 0 Å². The molecule has 2 heteroatoms. The van der Waals surface area contributed by atoms with Gasteiger partial charge in [0.1, 0.15) is 0 Å². The summed E-state index contributed by atoms with van der Waals surface area (Å²) in [5.74, 6) is 0. The van der Waals surface area contributed by atoms with Crippen molar-refractivity contribution < 1.29 is 0 Å². The van der Waals surface area contributed by atoms with Crippen molar-refractivity contribution >= 4 is 31.9 Å². The average molecular weight is 288 g/mol. The standard InChI is InChI=1S/C10H8Br2/c11-9-5-3-1-2-4-6-10(12)8-7-9/h1-8H. The van der Waals surface area contributed by atoms with E-state index in [1.165, 1.54) is 0 Å². The van der Waals surface area contributed by atoms with Crippen LogP contribution in [-0.4, -0.2) is 0 Å². The molecule has 0 bridgehead atoms. The monoisotopic (exact) mass is 286 g/mol. The van der Waals surface area contributed by atoms with Crippen molar-refractivity contribution in [2.24, 2.45) is 0 Å². The van der Waals surface area contributed by atoms with E-state index in [0.717, 1.165) is 8.95 Å². The third-order valence-corrected chi connectivity index (χ3v) is 2.30. The van der Waals surface area contributed by atoms with Crippen LogP contribution in [0.15, 0.2) is 57.5 Å². The number of hydrogen-bond donors (Lipinski definition) is 0. The predicted octanol–water partition coefficient (Wildman–Crippen LogP) is 4.34. The molecule has 12 heavy (non-hydrogen) atoms. The lowest BCUT2D eigenvalue weighted by atomic mass is 10.4. The van der Waals surface area contributed by atoms with Gasteiger partial charge in [-0.1, -0.05) is 56.1 Å². The summed E-state index contributed by atoms with van der Waals surface area (Å²) < 4.78 is 2.11. The van der Waals surface area contributed by atoms with Crippen LogP contribution in [0.4, 0.5) is 0 Å². The quantitative estimate of drug-likeness (QED) is 0.666. The van der Waals surface area contributed by atoms with Gasteiger partial charge in [-0.3, -0.25) is 0 Å². The van der Waals surface area contributed by atoms with Gasteiger partial charge in [-0.2, -0.15) is 0 Å². The fourth-order valence-electron chi connectivity index (χ4n) is 0.694. The minimum atomic E-state index is 1.06. The molecule has 0 radical (unpaired) electrons. The molecule has 1 aromatic carbocycles. The van der Waals surface area contributed by atoms with Crippen molar-refractivity contribution in [3.63, 3.8) is 0 Å². The highest BCUT2D eigenvalue weighted by Gasteiger charge is 1.78. The summed E-state index contributed by atoms with van der Waals surface area (Å²) in [6, 6.07) is 15.9. The smallest absolute Gasteiger partial charge is 0.0175 e. The van der Waals surface area contributed by atoms with Gasteiger partial charge < -0.3 is 0 Å². The van der Waals surface area contributed by atoms with Gasteiger partial charge >= 0.3 is 0 Å². The predicted molar refractivity (Wildman–Crippen MR) is 59.5 cm³/mol. The Kier molecular flexibility index (Phi) is 4.33. The Morgan fingerprint density at radius 1 is 0.583 bits per heavy atom. The Bertz CT molecular complexity index is 275. The highest BCUT2D eigenvalue weighted by Crippen LogP contribution is 2.09. The number of rotatable bonds is 0. The molecule has 0 aliphatic carbocycles. The molecule has 0 aliphatic heterocycles. The van der Waals surface area contributed by atoms with Crippen LogP contribution in [0.3, 0.4) is 0 Å². The average Bonchev–Trinajstić information content (AvgIpc) is 2.07. The first-order chi connectivity index (χ1) is 5.79. The lowest BCUT2D eigenvalue weighted by Crippen LogP contribution is -1.57. The molecular weight excluding hydrogens is 280 g/mol. The van der Waals surface area contributed by atoms with Crippen LogP contribution in [0, 0.1) is 0 Å². The summed E-state index contributed by atoms with van der Waals surface area (Å²) in [6.07, 6.45) is 0. The lowest BCUT2D eigenvalue weighted by Gasteiger charge is -1.82. The maximum absolute atomic E-state index is 3.41. The van der Waals surface area contributed by atoms with Crippen molar-refractivity contribution in [2.45, 2.75) is 0 Å². The first-order valence-corrected chi connectivity index (χ1v) is 5.12. The van der Waals surface area contributed by atoms with Gasteiger partial charge in [0, 0.05) is 8.95 Å². The van der Waals surface area contributed by atoms with Crippen LogP contribution in [0.1, 0.15) is 0 Å². The Labute approximate surface area is 89.2 Å². The molecule has 0 aromatic heterocycles. The first kappa shape index (κ1) is 9.75. The van der Waals surface area contributed by atoms with Crippen LogP contribution >= 0.6 is 31.9 Å².